The molecule has 0 unspecified atom stereocenters. The Labute approximate surface area is 118 Å². The Balaban J connectivity index is 1.64. The lowest BCUT2D eigenvalue weighted by molar-refractivity contribution is -0.128. The lowest BCUT2D eigenvalue weighted by Gasteiger charge is -2.19. The summed E-state index contributed by atoms with van der Waals surface area (Å²) in [7, 11) is 0. The van der Waals surface area contributed by atoms with E-state index in [2.05, 4.69) is 10.6 Å². The molecular weight excluding hydrogens is 254 g/mol. The maximum absolute atomic E-state index is 12.0. The number of likely N-dealkylation sites (tertiary alicyclic amines) is 1. The van der Waals surface area contributed by atoms with E-state index >= 15 is 0 Å². The smallest absolute Gasteiger partial charge is 0.251 e. The highest BCUT2D eigenvalue weighted by atomic mass is 16.2. The van der Waals surface area contributed by atoms with Gasteiger partial charge in [0.2, 0.25) is 5.91 Å². The van der Waals surface area contributed by atoms with Gasteiger partial charge in [-0.05, 0) is 37.0 Å². The molecule has 0 atom stereocenters. The fourth-order valence-electron chi connectivity index (χ4n) is 2.78. The monoisotopic (exact) mass is 273 g/mol. The van der Waals surface area contributed by atoms with Crippen LogP contribution in [0.5, 0.6) is 0 Å². The molecule has 0 aliphatic carbocycles. The Morgan fingerprint density at radius 1 is 1.30 bits per heavy atom. The van der Waals surface area contributed by atoms with Crippen molar-refractivity contribution in [2.45, 2.75) is 19.3 Å². The molecule has 5 heteroatoms. The van der Waals surface area contributed by atoms with Crippen LogP contribution < -0.4 is 10.6 Å². The second-order valence-corrected chi connectivity index (χ2v) is 5.32. The van der Waals surface area contributed by atoms with Gasteiger partial charge in [0, 0.05) is 30.9 Å². The molecule has 0 bridgehead atoms. The molecule has 2 aliphatic heterocycles. The molecule has 1 aromatic carbocycles. The summed E-state index contributed by atoms with van der Waals surface area (Å²) < 4.78 is 0. The van der Waals surface area contributed by atoms with Crippen LogP contribution in [0.25, 0.3) is 0 Å². The van der Waals surface area contributed by atoms with E-state index in [1.165, 1.54) is 0 Å². The fraction of sp³-hybridized carbons (Fsp3) is 0.467. The van der Waals surface area contributed by atoms with Gasteiger partial charge in [0.25, 0.3) is 5.91 Å². The fourth-order valence-corrected chi connectivity index (χ4v) is 2.78. The van der Waals surface area contributed by atoms with Gasteiger partial charge in [-0.15, -0.1) is 0 Å². The maximum Gasteiger partial charge on any atom is 0.251 e. The van der Waals surface area contributed by atoms with E-state index in [1.807, 2.05) is 23.1 Å². The highest BCUT2D eigenvalue weighted by molar-refractivity contribution is 5.97. The largest absolute Gasteiger partial charge is 0.376 e. The molecule has 106 valence electrons. The number of fused-ring (bicyclic) bond motifs is 1. The van der Waals surface area contributed by atoms with E-state index in [1.54, 1.807) is 0 Å². The molecule has 5 nitrogen and oxygen atoms in total. The number of nitrogens with zero attached hydrogens (tertiary/aromatic N) is 1. The summed E-state index contributed by atoms with van der Waals surface area (Å²) in [5.74, 6) is 0.102. The topological polar surface area (TPSA) is 61.4 Å². The zero-order chi connectivity index (χ0) is 13.9. The van der Waals surface area contributed by atoms with Gasteiger partial charge in [-0.1, -0.05) is 6.07 Å². The first-order valence-corrected chi connectivity index (χ1v) is 7.17. The number of rotatable bonds is 3. The molecule has 0 radical (unpaired) electrons. The van der Waals surface area contributed by atoms with Gasteiger partial charge in [0.05, 0.1) is 6.54 Å². The van der Waals surface area contributed by atoms with Crippen molar-refractivity contribution in [3.05, 3.63) is 29.3 Å². The summed E-state index contributed by atoms with van der Waals surface area (Å²) >= 11 is 0. The van der Waals surface area contributed by atoms with Crippen molar-refractivity contribution in [1.82, 2.24) is 10.2 Å². The van der Waals surface area contributed by atoms with Crippen molar-refractivity contribution in [1.29, 1.82) is 0 Å². The first kappa shape index (κ1) is 13.0. The zero-order valence-corrected chi connectivity index (χ0v) is 11.4. The number of carbonyl (C=O) groups is 2. The first-order valence-electron chi connectivity index (χ1n) is 7.17. The summed E-state index contributed by atoms with van der Waals surface area (Å²) in [6, 6.07) is 5.74. The number of benzene rings is 1. The predicted octanol–water partition coefficient (Wildman–Crippen LogP) is 1.01. The van der Waals surface area contributed by atoms with Crippen LogP contribution >= 0.6 is 0 Å². The summed E-state index contributed by atoms with van der Waals surface area (Å²) in [5.41, 5.74) is 2.62. The van der Waals surface area contributed by atoms with Gasteiger partial charge >= 0.3 is 0 Å². The van der Waals surface area contributed by atoms with Crippen molar-refractivity contribution in [3.63, 3.8) is 0 Å². The number of carbonyl (C=O) groups excluding carboxylic acids is 2. The highest BCUT2D eigenvalue weighted by Crippen LogP contribution is 2.19. The van der Waals surface area contributed by atoms with Crippen molar-refractivity contribution in [3.8, 4) is 0 Å². The molecule has 20 heavy (non-hydrogen) atoms. The van der Waals surface area contributed by atoms with Crippen LogP contribution in [0.1, 0.15) is 28.8 Å². The first-order chi connectivity index (χ1) is 9.74. The minimum absolute atomic E-state index is 0.0271. The molecule has 0 spiro atoms. The molecule has 0 aromatic heterocycles. The predicted molar refractivity (Wildman–Crippen MR) is 76.8 cm³/mol. The average Bonchev–Trinajstić information content (AvgIpc) is 3.00. The molecule has 1 fully saturated rings. The van der Waals surface area contributed by atoms with E-state index in [-0.39, 0.29) is 11.8 Å². The minimum Gasteiger partial charge on any atom is -0.376 e. The summed E-state index contributed by atoms with van der Waals surface area (Å²) in [6.45, 7) is 2.73. The Bertz CT molecular complexity index is 536. The zero-order valence-electron chi connectivity index (χ0n) is 11.4. The van der Waals surface area contributed by atoms with Crippen molar-refractivity contribution >= 4 is 17.5 Å². The Kier molecular flexibility index (Phi) is 3.58. The number of nitrogens with one attached hydrogen (secondary N) is 2. The van der Waals surface area contributed by atoms with Crippen molar-refractivity contribution < 1.29 is 9.59 Å². The SMILES string of the molecule is O=C1NCCc2ccc(NCC(=O)N3CCCC3)cc21. The third-order valence-electron chi connectivity index (χ3n) is 3.94. The van der Waals surface area contributed by atoms with E-state index in [0.717, 1.165) is 49.2 Å². The molecule has 2 amide bonds. The van der Waals surface area contributed by atoms with Crippen LogP contribution in [-0.2, 0) is 11.2 Å². The highest BCUT2D eigenvalue weighted by Gasteiger charge is 2.19. The van der Waals surface area contributed by atoms with Crippen molar-refractivity contribution in [2.24, 2.45) is 0 Å². The summed E-state index contributed by atoms with van der Waals surface area (Å²) in [4.78, 5) is 25.6. The standard InChI is InChI=1S/C15H19N3O2/c19-14(18-7-1-2-8-18)10-17-12-4-3-11-5-6-16-15(20)13(11)9-12/h3-4,9,17H,1-2,5-8,10H2,(H,16,20). The van der Waals surface area contributed by atoms with Crippen LogP contribution in [0.3, 0.4) is 0 Å². The second kappa shape index (κ2) is 5.53. The van der Waals surface area contributed by atoms with Gasteiger partial charge in [-0.25, -0.2) is 0 Å². The Morgan fingerprint density at radius 3 is 2.90 bits per heavy atom. The van der Waals surface area contributed by atoms with Crippen LogP contribution in [0, 0.1) is 0 Å². The number of anilines is 1. The molecule has 2 aliphatic rings. The quantitative estimate of drug-likeness (QED) is 0.864. The summed E-state index contributed by atoms with van der Waals surface area (Å²) in [6.07, 6.45) is 3.07. The van der Waals surface area contributed by atoms with Crippen LogP contribution in [0.15, 0.2) is 18.2 Å². The number of amides is 2. The molecule has 1 saturated heterocycles. The van der Waals surface area contributed by atoms with Crippen LogP contribution in [-0.4, -0.2) is 42.9 Å². The maximum atomic E-state index is 12.0. The summed E-state index contributed by atoms with van der Waals surface area (Å²) in [5, 5.41) is 5.95. The van der Waals surface area contributed by atoms with Gasteiger partial charge < -0.3 is 15.5 Å². The molecule has 0 saturated carbocycles. The normalized spacial score (nSPS) is 17.6. The molecule has 2 N–H and O–H groups in total. The number of hydrogen-bond acceptors (Lipinski definition) is 3. The van der Waals surface area contributed by atoms with Crippen LogP contribution in [0.2, 0.25) is 0 Å². The van der Waals surface area contributed by atoms with Crippen molar-refractivity contribution in [2.75, 3.05) is 31.5 Å². The van der Waals surface area contributed by atoms with Gasteiger partial charge in [-0.2, -0.15) is 0 Å². The Hall–Kier alpha value is -2.04. The molecule has 1 aromatic rings. The minimum atomic E-state index is -0.0271. The molecular formula is C15H19N3O2. The van der Waals surface area contributed by atoms with Gasteiger partial charge in [0.15, 0.2) is 0 Å². The van der Waals surface area contributed by atoms with E-state index < -0.39 is 0 Å². The Morgan fingerprint density at radius 2 is 2.10 bits per heavy atom. The second-order valence-electron chi connectivity index (χ2n) is 5.32. The molecule has 3 rings (SSSR count). The van der Waals surface area contributed by atoms with Crippen LogP contribution in [0.4, 0.5) is 5.69 Å². The van der Waals surface area contributed by atoms with E-state index in [9.17, 15) is 9.59 Å². The van der Waals surface area contributed by atoms with Gasteiger partial charge in [0.1, 0.15) is 0 Å². The third kappa shape index (κ3) is 2.61. The lowest BCUT2D eigenvalue weighted by atomic mass is 10.00. The van der Waals surface area contributed by atoms with Gasteiger partial charge in [-0.3, -0.25) is 9.59 Å². The third-order valence-corrected chi connectivity index (χ3v) is 3.94. The lowest BCUT2D eigenvalue weighted by Crippen LogP contribution is -2.33. The molecule has 2 heterocycles. The van der Waals surface area contributed by atoms with E-state index in [4.69, 9.17) is 0 Å². The number of hydrogen-bond donors (Lipinski definition) is 2. The van der Waals surface area contributed by atoms with E-state index in [0.29, 0.717) is 13.1 Å². The average molecular weight is 273 g/mol.